The number of hydrogen-bond donors (Lipinski definition) is 3. The van der Waals surface area contributed by atoms with Gasteiger partial charge >= 0.3 is 0 Å². The molecule has 1 fully saturated rings. The quantitative estimate of drug-likeness (QED) is 0.142. The van der Waals surface area contributed by atoms with Gasteiger partial charge in [0.2, 0.25) is 23.6 Å². The first-order valence-corrected chi connectivity index (χ1v) is 19.0. The second-order valence-electron chi connectivity index (χ2n) is 15.8. The molecule has 14 heteroatoms. The number of likely N-dealkylation sites (tertiary alicyclic amines) is 1. The second-order valence-corrected chi connectivity index (χ2v) is 15.8. The molecule has 52 heavy (non-hydrogen) atoms. The highest BCUT2D eigenvalue weighted by Crippen LogP contribution is 2.30. The fourth-order valence-corrected chi connectivity index (χ4v) is 7.59. The van der Waals surface area contributed by atoms with Gasteiger partial charge in [0, 0.05) is 27.8 Å². The van der Waals surface area contributed by atoms with Crippen molar-refractivity contribution in [3.05, 3.63) is 0 Å². The van der Waals surface area contributed by atoms with Gasteiger partial charge in [0.25, 0.3) is 5.91 Å². The molecule has 0 unspecified atom stereocenters. The summed E-state index contributed by atoms with van der Waals surface area (Å²) in [7, 11) is 9.85. The molecule has 1 saturated heterocycles. The number of amides is 5. The Bertz CT molecular complexity index is 1140. The predicted molar refractivity (Wildman–Crippen MR) is 202 cm³/mol. The molecule has 1 heterocycles. The standard InChI is InChI=1S/C38H72N6O8/c1-16-25(8)33(43(12)38(49)31(23(4)5)40-37(48)32(24(6)7)42(10)11)29(50-13)21-30(45)44-19-17-18-28(44)34(51-14)26(9)35(46)39-27(20-22(2)3)36(47)41-52-15/h22-29,31-34H,16-21H2,1-15H3,(H,39,46)(H,40,48)(H,41,47)/t25-,26+,27-,28-,29+,31-,32-,33-,34+/m0/s1. The molecule has 14 nitrogen and oxygen atoms in total. The van der Waals surface area contributed by atoms with Crippen molar-refractivity contribution >= 4 is 29.5 Å². The Balaban J connectivity index is 3.29. The summed E-state index contributed by atoms with van der Waals surface area (Å²) in [4.78, 5) is 78.0. The van der Waals surface area contributed by atoms with Gasteiger partial charge in [-0.1, -0.05) is 68.7 Å². The maximum absolute atomic E-state index is 14.2. The van der Waals surface area contributed by atoms with E-state index in [1.807, 2.05) is 74.4 Å². The lowest BCUT2D eigenvalue weighted by Gasteiger charge is -2.41. The van der Waals surface area contributed by atoms with Crippen molar-refractivity contribution in [3.8, 4) is 0 Å². The lowest BCUT2D eigenvalue weighted by Crippen LogP contribution is -2.59. The summed E-state index contributed by atoms with van der Waals surface area (Å²) in [6.45, 7) is 18.0. The molecule has 0 radical (unpaired) electrons. The van der Waals surface area contributed by atoms with Gasteiger partial charge in [-0.2, -0.15) is 0 Å². The molecule has 0 aromatic heterocycles. The monoisotopic (exact) mass is 741 g/mol. The number of carbonyl (C=O) groups excluding carboxylic acids is 5. The van der Waals surface area contributed by atoms with Crippen LogP contribution >= 0.6 is 0 Å². The van der Waals surface area contributed by atoms with Crippen molar-refractivity contribution in [1.29, 1.82) is 0 Å². The Hall–Kier alpha value is -2.81. The zero-order valence-electron chi connectivity index (χ0n) is 34.8. The minimum Gasteiger partial charge on any atom is -0.379 e. The first-order valence-electron chi connectivity index (χ1n) is 19.0. The maximum atomic E-state index is 14.2. The summed E-state index contributed by atoms with van der Waals surface area (Å²) >= 11 is 0. The topological polar surface area (TPSA) is 159 Å². The van der Waals surface area contributed by atoms with Crippen LogP contribution in [0.15, 0.2) is 0 Å². The van der Waals surface area contributed by atoms with E-state index in [-0.39, 0.29) is 59.8 Å². The molecule has 0 aromatic carbocycles. The van der Waals surface area contributed by atoms with Crippen molar-refractivity contribution in [2.75, 3.05) is 49.0 Å². The molecule has 302 valence electrons. The molecule has 9 atom stereocenters. The van der Waals surface area contributed by atoms with Gasteiger partial charge in [0.1, 0.15) is 12.1 Å². The van der Waals surface area contributed by atoms with Crippen molar-refractivity contribution in [2.45, 2.75) is 137 Å². The summed E-state index contributed by atoms with van der Waals surface area (Å²) in [5, 5.41) is 5.89. The highest BCUT2D eigenvalue weighted by Gasteiger charge is 2.43. The van der Waals surface area contributed by atoms with Crippen LogP contribution in [0.3, 0.4) is 0 Å². The molecule has 3 N–H and O–H groups in total. The van der Waals surface area contributed by atoms with Crippen LogP contribution in [0.5, 0.6) is 0 Å². The summed E-state index contributed by atoms with van der Waals surface area (Å²) < 4.78 is 11.9. The van der Waals surface area contributed by atoms with Gasteiger partial charge in [0.05, 0.1) is 49.8 Å². The smallest absolute Gasteiger partial charge is 0.266 e. The SMILES string of the molecule is CC[C@H](C)[C@@H]([C@@H](CC(=O)N1CCC[C@H]1[C@H](OC)[C@@H](C)C(=O)N[C@@H](CC(C)C)C(=O)NOC)OC)N(C)C(=O)[C@@H](NC(=O)[C@H](C(C)C)N(C)C)C(C)C. The molecular weight excluding hydrogens is 668 g/mol. The number of hydrogen-bond acceptors (Lipinski definition) is 9. The molecule has 1 rings (SSSR count). The molecular formula is C38H72N6O8. The van der Waals surface area contributed by atoms with E-state index in [1.165, 1.54) is 14.2 Å². The van der Waals surface area contributed by atoms with Crippen molar-refractivity contribution in [1.82, 2.24) is 30.8 Å². The van der Waals surface area contributed by atoms with Crippen LogP contribution in [0, 0.1) is 29.6 Å². The normalized spacial score (nSPS) is 19.5. The molecule has 1 aliphatic heterocycles. The third-order valence-electron chi connectivity index (χ3n) is 10.5. The first-order chi connectivity index (χ1) is 24.3. The minimum absolute atomic E-state index is 0.0129. The average molecular weight is 741 g/mol. The summed E-state index contributed by atoms with van der Waals surface area (Å²) in [6, 6.07) is -2.79. The van der Waals surface area contributed by atoms with E-state index in [4.69, 9.17) is 14.3 Å². The van der Waals surface area contributed by atoms with Gasteiger partial charge < -0.3 is 29.9 Å². The van der Waals surface area contributed by atoms with Crippen LogP contribution in [-0.4, -0.2) is 136 Å². The Morgan fingerprint density at radius 2 is 1.44 bits per heavy atom. The number of carbonyl (C=O) groups is 5. The van der Waals surface area contributed by atoms with Gasteiger partial charge in [-0.3, -0.25) is 33.7 Å². The molecule has 0 spiro atoms. The zero-order valence-corrected chi connectivity index (χ0v) is 34.8. The highest BCUT2D eigenvalue weighted by atomic mass is 16.6. The van der Waals surface area contributed by atoms with E-state index >= 15 is 0 Å². The van der Waals surface area contributed by atoms with Gasteiger partial charge in [-0.05, 0) is 57.0 Å². The summed E-state index contributed by atoms with van der Waals surface area (Å²) in [6.07, 6.45) is 1.29. The van der Waals surface area contributed by atoms with E-state index < -0.39 is 48.2 Å². The number of methoxy groups -OCH3 is 2. The number of ether oxygens (including phenoxy) is 2. The predicted octanol–water partition coefficient (Wildman–Crippen LogP) is 2.84. The fourth-order valence-electron chi connectivity index (χ4n) is 7.59. The Labute approximate surface area is 313 Å². The lowest BCUT2D eigenvalue weighted by molar-refractivity contribution is -0.148. The third-order valence-corrected chi connectivity index (χ3v) is 10.5. The molecule has 5 amide bonds. The average Bonchev–Trinajstić information content (AvgIpc) is 3.55. The molecule has 0 saturated carbocycles. The third kappa shape index (κ3) is 12.9. The van der Waals surface area contributed by atoms with E-state index in [9.17, 15) is 24.0 Å². The van der Waals surface area contributed by atoms with E-state index in [1.54, 1.807) is 30.9 Å². The van der Waals surface area contributed by atoms with Gasteiger partial charge in [-0.25, -0.2) is 5.48 Å². The number of nitrogens with one attached hydrogen (secondary N) is 3. The van der Waals surface area contributed by atoms with Crippen molar-refractivity contribution in [3.63, 3.8) is 0 Å². The van der Waals surface area contributed by atoms with Crippen LogP contribution in [0.2, 0.25) is 0 Å². The van der Waals surface area contributed by atoms with Crippen molar-refractivity contribution < 1.29 is 38.3 Å². The minimum atomic E-state index is -0.790. The Kier molecular flexibility index (Phi) is 20.4. The van der Waals surface area contributed by atoms with Crippen molar-refractivity contribution in [2.24, 2.45) is 29.6 Å². The van der Waals surface area contributed by atoms with Crippen LogP contribution in [-0.2, 0) is 38.3 Å². The van der Waals surface area contributed by atoms with E-state index in [2.05, 4.69) is 16.1 Å². The first kappa shape index (κ1) is 47.2. The fraction of sp³-hybridized carbons (Fsp3) is 0.868. The molecule has 0 aromatic rings. The second kappa shape index (κ2) is 22.4. The zero-order chi connectivity index (χ0) is 40.0. The largest absolute Gasteiger partial charge is 0.379 e. The number of hydroxylamine groups is 1. The molecule has 0 bridgehead atoms. The van der Waals surface area contributed by atoms with Crippen LogP contribution in [0.1, 0.15) is 94.4 Å². The number of likely N-dealkylation sites (N-methyl/N-ethyl adjacent to an activating group) is 2. The summed E-state index contributed by atoms with van der Waals surface area (Å²) in [5.74, 6) is -2.09. The number of nitrogens with zero attached hydrogens (tertiary/aromatic N) is 3. The lowest BCUT2D eigenvalue weighted by atomic mass is 9.89. The highest BCUT2D eigenvalue weighted by molar-refractivity contribution is 5.90. The maximum Gasteiger partial charge on any atom is 0.266 e. The van der Waals surface area contributed by atoms with Gasteiger partial charge in [-0.15, -0.1) is 0 Å². The number of rotatable bonds is 22. The molecule has 0 aliphatic carbocycles. The van der Waals surface area contributed by atoms with E-state index in [0.717, 1.165) is 12.8 Å². The summed E-state index contributed by atoms with van der Waals surface area (Å²) in [5.41, 5.74) is 2.31. The Morgan fingerprint density at radius 1 is 0.827 bits per heavy atom. The Morgan fingerprint density at radius 3 is 1.90 bits per heavy atom. The van der Waals surface area contributed by atoms with Crippen LogP contribution in [0.4, 0.5) is 0 Å². The molecule has 1 aliphatic rings. The van der Waals surface area contributed by atoms with Gasteiger partial charge in [0.15, 0.2) is 0 Å². The van der Waals surface area contributed by atoms with Crippen LogP contribution in [0.25, 0.3) is 0 Å². The van der Waals surface area contributed by atoms with E-state index in [0.29, 0.717) is 19.4 Å². The van der Waals surface area contributed by atoms with Crippen LogP contribution < -0.4 is 16.1 Å².